The maximum absolute atomic E-state index is 14.0. The Labute approximate surface area is 191 Å². The third-order valence-corrected chi connectivity index (χ3v) is 6.97. The molecular formula is C23H28FN5O2S. The van der Waals surface area contributed by atoms with Crippen LogP contribution in [-0.4, -0.2) is 63.7 Å². The molecule has 0 N–H and O–H groups in total. The molecule has 0 radical (unpaired) electrons. The van der Waals surface area contributed by atoms with E-state index < -0.39 is 0 Å². The second-order valence-corrected chi connectivity index (χ2v) is 9.36. The fourth-order valence-electron chi connectivity index (χ4n) is 4.33. The van der Waals surface area contributed by atoms with E-state index in [9.17, 15) is 9.18 Å². The highest BCUT2D eigenvalue weighted by Gasteiger charge is 2.35. The molecule has 1 amide bonds. The van der Waals surface area contributed by atoms with E-state index in [0.717, 1.165) is 32.1 Å². The highest BCUT2D eigenvalue weighted by atomic mass is 32.2. The van der Waals surface area contributed by atoms with Crippen molar-refractivity contribution < 1.29 is 13.9 Å². The first kappa shape index (κ1) is 21.5. The summed E-state index contributed by atoms with van der Waals surface area (Å²) >= 11 is 1.37. The topological polar surface area (TPSA) is 63.5 Å². The van der Waals surface area contributed by atoms with Gasteiger partial charge in [-0.15, -0.1) is 10.2 Å². The van der Waals surface area contributed by atoms with Crippen molar-refractivity contribution in [3.63, 3.8) is 0 Å². The van der Waals surface area contributed by atoms with E-state index >= 15 is 0 Å². The first-order valence-corrected chi connectivity index (χ1v) is 12.4. The molecule has 2 aromatic rings. The van der Waals surface area contributed by atoms with E-state index in [0.29, 0.717) is 49.1 Å². The highest BCUT2D eigenvalue weighted by Crippen LogP contribution is 2.35. The molecule has 1 saturated heterocycles. The first-order valence-electron chi connectivity index (χ1n) is 11.4. The molecule has 0 unspecified atom stereocenters. The minimum Gasteiger partial charge on any atom is -0.378 e. The maximum atomic E-state index is 14.0. The molecule has 2 aliphatic carbocycles. The van der Waals surface area contributed by atoms with Crippen LogP contribution < -0.4 is 4.90 Å². The quantitative estimate of drug-likeness (QED) is 0.590. The van der Waals surface area contributed by atoms with E-state index in [4.69, 9.17) is 4.74 Å². The zero-order chi connectivity index (χ0) is 21.9. The SMILES string of the molecule is O=C(CSc1nnc(N2CCOCC2)n1-c1cccc(F)c1)N(C1=CCCCC1)C1CC1. The van der Waals surface area contributed by atoms with E-state index in [-0.39, 0.29) is 17.5 Å². The van der Waals surface area contributed by atoms with Gasteiger partial charge in [0.05, 0.1) is 24.7 Å². The van der Waals surface area contributed by atoms with Crippen molar-refractivity contribution in [3.8, 4) is 5.69 Å². The lowest BCUT2D eigenvalue weighted by atomic mass is 10.0. The number of carbonyl (C=O) groups is 1. The fraction of sp³-hybridized carbons (Fsp3) is 0.522. The Hall–Kier alpha value is -2.39. The van der Waals surface area contributed by atoms with Crippen LogP contribution in [0.4, 0.5) is 10.3 Å². The van der Waals surface area contributed by atoms with E-state index in [1.165, 1.54) is 36.0 Å². The monoisotopic (exact) mass is 457 g/mol. The van der Waals surface area contributed by atoms with Gasteiger partial charge in [0.2, 0.25) is 11.9 Å². The summed E-state index contributed by atoms with van der Waals surface area (Å²) in [5, 5.41) is 9.39. The van der Waals surface area contributed by atoms with Crippen LogP contribution >= 0.6 is 11.8 Å². The second kappa shape index (κ2) is 9.62. The van der Waals surface area contributed by atoms with Gasteiger partial charge in [0, 0.05) is 24.8 Å². The van der Waals surface area contributed by atoms with Gasteiger partial charge < -0.3 is 14.5 Å². The molecule has 1 saturated carbocycles. The maximum Gasteiger partial charge on any atom is 0.237 e. The molecule has 2 fully saturated rings. The molecule has 0 spiro atoms. The van der Waals surface area contributed by atoms with Crippen molar-refractivity contribution in [2.24, 2.45) is 0 Å². The van der Waals surface area contributed by atoms with Crippen LogP contribution in [0.25, 0.3) is 5.69 Å². The van der Waals surface area contributed by atoms with Crippen molar-refractivity contribution in [2.45, 2.75) is 49.7 Å². The average molecular weight is 458 g/mol. The van der Waals surface area contributed by atoms with Crippen LogP contribution in [0.2, 0.25) is 0 Å². The Morgan fingerprint density at radius 2 is 2.06 bits per heavy atom. The molecule has 7 nitrogen and oxygen atoms in total. The number of rotatable bonds is 7. The number of allylic oxidation sites excluding steroid dienone is 2. The van der Waals surface area contributed by atoms with Crippen LogP contribution in [0.1, 0.15) is 38.5 Å². The molecular weight excluding hydrogens is 429 g/mol. The largest absolute Gasteiger partial charge is 0.378 e. The van der Waals surface area contributed by atoms with Gasteiger partial charge in [0.15, 0.2) is 5.16 Å². The Balaban J connectivity index is 1.38. The number of hydrogen-bond donors (Lipinski definition) is 0. The molecule has 9 heteroatoms. The summed E-state index contributed by atoms with van der Waals surface area (Å²) in [4.78, 5) is 17.3. The number of carbonyl (C=O) groups excluding carboxylic acids is 1. The third kappa shape index (κ3) is 4.68. The Morgan fingerprint density at radius 1 is 1.22 bits per heavy atom. The Morgan fingerprint density at radius 3 is 2.78 bits per heavy atom. The lowest BCUT2D eigenvalue weighted by Crippen LogP contribution is -2.38. The van der Waals surface area contributed by atoms with Crippen LogP contribution in [0, 0.1) is 5.82 Å². The summed E-state index contributed by atoms with van der Waals surface area (Å²) in [5.41, 5.74) is 1.84. The number of amides is 1. The minimum absolute atomic E-state index is 0.118. The van der Waals surface area contributed by atoms with Gasteiger partial charge in [0.25, 0.3) is 0 Å². The zero-order valence-corrected chi connectivity index (χ0v) is 18.9. The fourth-order valence-corrected chi connectivity index (χ4v) is 5.14. The lowest BCUT2D eigenvalue weighted by molar-refractivity contribution is -0.127. The number of nitrogens with zero attached hydrogens (tertiary/aromatic N) is 5. The number of anilines is 1. The number of aromatic nitrogens is 3. The molecule has 0 bridgehead atoms. The van der Waals surface area contributed by atoms with Crippen LogP contribution in [-0.2, 0) is 9.53 Å². The summed E-state index contributed by atoms with van der Waals surface area (Å²) in [6.07, 6.45) is 8.76. The molecule has 1 aromatic carbocycles. The molecule has 170 valence electrons. The minimum atomic E-state index is -0.319. The van der Waals surface area contributed by atoms with Crippen LogP contribution in [0.15, 0.2) is 41.2 Å². The van der Waals surface area contributed by atoms with E-state index in [1.807, 2.05) is 15.5 Å². The van der Waals surface area contributed by atoms with Crippen molar-refractivity contribution in [1.82, 2.24) is 19.7 Å². The summed E-state index contributed by atoms with van der Waals surface area (Å²) < 4.78 is 21.3. The standard InChI is InChI=1S/C23H28FN5O2S/c24-17-5-4-8-20(15-17)29-22(27-11-13-31-14-12-27)25-26-23(29)32-16-21(30)28(19-9-10-19)18-6-2-1-3-7-18/h4-6,8,15,19H,1-3,7,9-14,16H2. The summed E-state index contributed by atoms with van der Waals surface area (Å²) in [6.45, 7) is 2.62. The van der Waals surface area contributed by atoms with Crippen LogP contribution in [0.3, 0.4) is 0 Å². The normalized spacial score (nSPS) is 19.0. The van der Waals surface area contributed by atoms with E-state index in [1.54, 1.807) is 6.07 Å². The average Bonchev–Trinajstić information content (AvgIpc) is 3.56. The van der Waals surface area contributed by atoms with Crippen molar-refractivity contribution in [3.05, 3.63) is 41.9 Å². The Kier molecular flexibility index (Phi) is 6.45. The zero-order valence-electron chi connectivity index (χ0n) is 18.1. The number of morpholine rings is 1. The van der Waals surface area contributed by atoms with Gasteiger partial charge in [-0.3, -0.25) is 9.36 Å². The summed E-state index contributed by atoms with van der Waals surface area (Å²) in [6, 6.07) is 6.76. The van der Waals surface area contributed by atoms with Gasteiger partial charge in [-0.05, 0) is 56.7 Å². The summed E-state index contributed by atoms with van der Waals surface area (Å²) in [5.74, 6) is 0.736. The number of benzene rings is 1. The number of thioether (sulfide) groups is 1. The molecule has 2 heterocycles. The Bertz CT molecular complexity index is 1000. The number of ether oxygens (including phenoxy) is 1. The van der Waals surface area contributed by atoms with Gasteiger partial charge in [-0.25, -0.2) is 4.39 Å². The van der Waals surface area contributed by atoms with Gasteiger partial charge in [0.1, 0.15) is 5.82 Å². The number of hydrogen-bond acceptors (Lipinski definition) is 6. The first-order chi connectivity index (χ1) is 15.7. The molecule has 32 heavy (non-hydrogen) atoms. The molecule has 0 atom stereocenters. The predicted octanol–water partition coefficient (Wildman–Crippen LogP) is 3.78. The molecule has 5 rings (SSSR count). The smallest absolute Gasteiger partial charge is 0.237 e. The highest BCUT2D eigenvalue weighted by molar-refractivity contribution is 7.99. The van der Waals surface area contributed by atoms with E-state index in [2.05, 4.69) is 21.2 Å². The lowest BCUT2D eigenvalue weighted by Gasteiger charge is -2.28. The predicted molar refractivity (Wildman–Crippen MR) is 121 cm³/mol. The molecule has 1 aliphatic heterocycles. The van der Waals surface area contributed by atoms with Crippen molar-refractivity contribution >= 4 is 23.6 Å². The molecule has 1 aromatic heterocycles. The third-order valence-electron chi connectivity index (χ3n) is 6.06. The van der Waals surface area contributed by atoms with Gasteiger partial charge in [-0.2, -0.15) is 0 Å². The van der Waals surface area contributed by atoms with Crippen molar-refractivity contribution in [2.75, 3.05) is 37.0 Å². The van der Waals surface area contributed by atoms with Crippen LogP contribution in [0.5, 0.6) is 0 Å². The second-order valence-electron chi connectivity index (χ2n) is 8.42. The molecule has 3 aliphatic rings. The van der Waals surface area contributed by atoms with Crippen molar-refractivity contribution in [1.29, 1.82) is 0 Å². The van der Waals surface area contributed by atoms with Gasteiger partial charge >= 0.3 is 0 Å². The summed E-state index contributed by atoms with van der Waals surface area (Å²) in [7, 11) is 0. The van der Waals surface area contributed by atoms with Gasteiger partial charge in [-0.1, -0.05) is 23.9 Å². The number of halogens is 1.